The molecule has 1 N–H and O–H groups in total. The van der Waals surface area contributed by atoms with Crippen molar-refractivity contribution < 1.29 is 19.1 Å². The third kappa shape index (κ3) is 5.81. The van der Waals surface area contributed by atoms with Gasteiger partial charge in [-0.05, 0) is 48.7 Å². The fourth-order valence-corrected chi connectivity index (χ4v) is 3.30. The summed E-state index contributed by atoms with van der Waals surface area (Å²) >= 11 is 5.86. The van der Waals surface area contributed by atoms with Gasteiger partial charge in [-0.15, -0.1) is 0 Å². The van der Waals surface area contributed by atoms with Crippen molar-refractivity contribution >= 4 is 29.4 Å². The topological polar surface area (TPSA) is 75.7 Å². The summed E-state index contributed by atoms with van der Waals surface area (Å²) in [6.45, 7) is 2.79. The van der Waals surface area contributed by atoms with Gasteiger partial charge in [0.05, 0.1) is 11.6 Å². The molecule has 2 amide bonds. The van der Waals surface area contributed by atoms with Crippen molar-refractivity contribution in [3.05, 3.63) is 70.2 Å². The van der Waals surface area contributed by atoms with Crippen molar-refractivity contribution in [1.82, 2.24) is 10.2 Å². The van der Waals surface area contributed by atoms with Gasteiger partial charge in [0.1, 0.15) is 0 Å². The van der Waals surface area contributed by atoms with Gasteiger partial charge in [0.25, 0.3) is 5.91 Å². The summed E-state index contributed by atoms with van der Waals surface area (Å²) in [6.07, 6.45) is 1.49. The fourth-order valence-electron chi connectivity index (χ4n) is 3.17. The summed E-state index contributed by atoms with van der Waals surface area (Å²) in [6, 6.07) is 13.8. The van der Waals surface area contributed by atoms with E-state index in [-0.39, 0.29) is 24.5 Å². The number of hydrogen-bond acceptors (Lipinski definition) is 4. The fraction of sp³-hybridized carbons (Fsp3) is 0.318. The van der Waals surface area contributed by atoms with E-state index in [1.807, 2.05) is 19.1 Å². The second-order valence-electron chi connectivity index (χ2n) is 7.03. The number of nitrogens with zero attached hydrogens (tertiary/aromatic N) is 1. The number of halogens is 1. The first kappa shape index (κ1) is 20.9. The monoisotopic (exact) mass is 414 g/mol. The Morgan fingerprint density at radius 3 is 2.45 bits per heavy atom. The Bertz CT molecular complexity index is 881. The zero-order valence-electron chi connectivity index (χ0n) is 16.2. The first-order valence-corrected chi connectivity index (χ1v) is 9.89. The molecule has 3 rings (SSSR count). The molecule has 0 radical (unpaired) electrons. The van der Waals surface area contributed by atoms with Crippen molar-refractivity contribution in [2.75, 3.05) is 13.2 Å². The van der Waals surface area contributed by atoms with Gasteiger partial charge < -0.3 is 15.0 Å². The predicted octanol–water partition coefficient (Wildman–Crippen LogP) is 3.50. The lowest BCUT2D eigenvalue weighted by atomic mass is 10.1. The maximum Gasteiger partial charge on any atom is 0.338 e. The Labute approximate surface area is 174 Å². The Balaban J connectivity index is 1.46. The van der Waals surface area contributed by atoms with E-state index in [0.29, 0.717) is 23.6 Å². The molecule has 0 bridgehead atoms. The molecule has 1 saturated heterocycles. The molecule has 0 spiro atoms. The largest absolute Gasteiger partial charge is 0.452 e. The minimum atomic E-state index is -0.567. The molecule has 29 heavy (non-hydrogen) atoms. The molecule has 152 valence electrons. The van der Waals surface area contributed by atoms with Crippen LogP contribution in [0.15, 0.2) is 48.5 Å². The summed E-state index contributed by atoms with van der Waals surface area (Å²) in [5, 5.41) is 3.40. The Morgan fingerprint density at radius 2 is 1.83 bits per heavy atom. The summed E-state index contributed by atoms with van der Waals surface area (Å²) in [5.74, 6) is -0.791. The van der Waals surface area contributed by atoms with Gasteiger partial charge in [-0.3, -0.25) is 9.59 Å². The maximum atomic E-state index is 12.2. The zero-order chi connectivity index (χ0) is 20.8. The molecule has 1 atom stereocenters. The highest BCUT2D eigenvalue weighted by molar-refractivity contribution is 6.30. The molecular weight excluding hydrogens is 392 g/mol. The van der Waals surface area contributed by atoms with E-state index in [2.05, 4.69) is 5.32 Å². The number of rotatable bonds is 7. The van der Waals surface area contributed by atoms with E-state index in [9.17, 15) is 14.4 Å². The molecule has 1 aliphatic rings. The third-order valence-corrected chi connectivity index (χ3v) is 5.07. The van der Waals surface area contributed by atoms with Gasteiger partial charge in [-0.25, -0.2) is 4.79 Å². The van der Waals surface area contributed by atoms with Gasteiger partial charge >= 0.3 is 5.97 Å². The zero-order valence-corrected chi connectivity index (χ0v) is 16.9. The number of amides is 2. The quantitative estimate of drug-likeness (QED) is 0.703. The number of esters is 1. The molecule has 0 aromatic heterocycles. The molecular formula is C22H23ClN2O4. The minimum Gasteiger partial charge on any atom is -0.452 e. The van der Waals surface area contributed by atoms with Gasteiger partial charge in [0.2, 0.25) is 5.91 Å². The van der Waals surface area contributed by atoms with Crippen molar-refractivity contribution in [2.45, 2.75) is 32.4 Å². The molecule has 2 aromatic carbocycles. The molecule has 1 fully saturated rings. The van der Waals surface area contributed by atoms with Crippen molar-refractivity contribution in [2.24, 2.45) is 0 Å². The molecule has 1 heterocycles. The van der Waals surface area contributed by atoms with Crippen LogP contribution in [0.3, 0.4) is 0 Å². The van der Waals surface area contributed by atoms with E-state index in [0.717, 1.165) is 24.1 Å². The van der Waals surface area contributed by atoms with E-state index in [1.165, 1.54) is 0 Å². The highest BCUT2D eigenvalue weighted by atomic mass is 35.5. The summed E-state index contributed by atoms with van der Waals surface area (Å²) in [5.41, 5.74) is 2.22. The van der Waals surface area contributed by atoms with Gasteiger partial charge in [0, 0.05) is 24.5 Å². The van der Waals surface area contributed by atoms with Crippen LogP contribution in [-0.4, -0.2) is 35.8 Å². The molecule has 2 aromatic rings. The lowest BCUT2D eigenvalue weighted by Gasteiger charge is -2.16. The van der Waals surface area contributed by atoms with Crippen LogP contribution in [0.1, 0.15) is 47.3 Å². The average molecular weight is 415 g/mol. The van der Waals surface area contributed by atoms with E-state index in [1.54, 1.807) is 41.3 Å². The summed E-state index contributed by atoms with van der Waals surface area (Å²) < 4.78 is 5.10. The van der Waals surface area contributed by atoms with Crippen LogP contribution < -0.4 is 5.32 Å². The molecule has 6 nitrogen and oxygen atoms in total. The Hall–Kier alpha value is -2.86. The summed E-state index contributed by atoms with van der Waals surface area (Å²) in [7, 11) is 0. The van der Waals surface area contributed by atoms with Crippen LogP contribution in [0.25, 0.3) is 0 Å². The second kappa shape index (κ2) is 9.56. The third-order valence-electron chi connectivity index (χ3n) is 4.82. The highest BCUT2D eigenvalue weighted by Gasteiger charge is 2.20. The maximum absolute atomic E-state index is 12.2. The van der Waals surface area contributed by atoms with Gasteiger partial charge in [0.15, 0.2) is 6.61 Å². The van der Waals surface area contributed by atoms with Crippen LogP contribution in [0.5, 0.6) is 0 Å². The van der Waals surface area contributed by atoms with Crippen LogP contribution in [0.4, 0.5) is 0 Å². The number of hydrogen-bond donors (Lipinski definition) is 1. The van der Waals surface area contributed by atoms with Crippen molar-refractivity contribution in [3.63, 3.8) is 0 Å². The molecule has 1 unspecified atom stereocenters. The molecule has 7 heteroatoms. The number of nitrogens with one attached hydrogen (secondary N) is 1. The second-order valence-corrected chi connectivity index (χ2v) is 7.47. The van der Waals surface area contributed by atoms with E-state index < -0.39 is 5.97 Å². The summed E-state index contributed by atoms with van der Waals surface area (Å²) in [4.78, 5) is 37.7. The van der Waals surface area contributed by atoms with Crippen LogP contribution in [0, 0.1) is 0 Å². The standard InChI is InChI=1S/C22H23ClN2O4/c1-15(17-8-10-19(23)11-9-17)24-20(26)14-29-22(28)18-6-4-16(5-7-18)13-25-12-2-3-21(25)27/h4-11,15H,2-3,12-14H2,1H3,(H,24,26). The highest BCUT2D eigenvalue weighted by Crippen LogP contribution is 2.17. The van der Waals surface area contributed by atoms with Crippen molar-refractivity contribution in [3.8, 4) is 0 Å². The molecule has 1 aliphatic heterocycles. The van der Waals surface area contributed by atoms with Gasteiger partial charge in [-0.2, -0.15) is 0 Å². The van der Waals surface area contributed by atoms with Crippen LogP contribution in [-0.2, 0) is 20.9 Å². The molecule has 0 aliphatic carbocycles. The first-order valence-electron chi connectivity index (χ1n) is 9.51. The predicted molar refractivity (Wildman–Crippen MR) is 109 cm³/mol. The van der Waals surface area contributed by atoms with E-state index >= 15 is 0 Å². The number of benzene rings is 2. The smallest absolute Gasteiger partial charge is 0.338 e. The minimum absolute atomic E-state index is 0.160. The van der Waals surface area contributed by atoms with Crippen molar-refractivity contribution in [1.29, 1.82) is 0 Å². The lowest BCUT2D eigenvalue weighted by Crippen LogP contribution is -2.31. The SMILES string of the molecule is CC(NC(=O)COC(=O)c1ccc(CN2CCCC2=O)cc1)c1ccc(Cl)cc1. The van der Waals surface area contributed by atoms with Crippen LogP contribution in [0.2, 0.25) is 5.02 Å². The number of likely N-dealkylation sites (tertiary alicyclic amines) is 1. The van der Waals surface area contributed by atoms with E-state index in [4.69, 9.17) is 16.3 Å². The van der Waals surface area contributed by atoms with Gasteiger partial charge in [-0.1, -0.05) is 35.9 Å². The van der Waals surface area contributed by atoms with Crippen LogP contribution >= 0.6 is 11.6 Å². The number of ether oxygens (including phenoxy) is 1. The Morgan fingerprint density at radius 1 is 1.14 bits per heavy atom. The normalized spacial score (nSPS) is 14.6. The lowest BCUT2D eigenvalue weighted by molar-refractivity contribution is -0.128. The number of carbonyl (C=O) groups is 3. The number of carbonyl (C=O) groups excluding carboxylic acids is 3. The Kier molecular flexibility index (Phi) is 6.88. The first-order chi connectivity index (χ1) is 13.9. The average Bonchev–Trinajstić information content (AvgIpc) is 3.11. The molecule has 0 saturated carbocycles.